The summed E-state index contributed by atoms with van der Waals surface area (Å²) in [6.07, 6.45) is 2.38. The number of H-pyrrole nitrogens is 1. The molecular weight excluding hydrogens is 302 g/mol. The van der Waals surface area contributed by atoms with E-state index in [2.05, 4.69) is 31.0 Å². The number of aliphatic hydroxyl groups is 1. The van der Waals surface area contributed by atoms with Gasteiger partial charge >= 0.3 is 0 Å². The lowest BCUT2D eigenvalue weighted by molar-refractivity contribution is 0.0771. The lowest BCUT2D eigenvalue weighted by atomic mass is 9.80. The Balaban J connectivity index is 1.86. The standard InChI is InChI=1S/C19H25N3O2/c1-18(2,3)16-15(11-20-21-16)17(24)22-10-9-19(12-22,13-23)14-7-5-4-6-8-14/h4-8,11,23H,9-10,12-13H2,1-3H3,(H,20,21). The maximum Gasteiger partial charge on any atom is 0.257 e. The van der Waals surface area contributed by atoms with Gasteiger partial charge < -0.3 is 10.0 Å². The molecule has 2 aromatic rings. The summed E-state index contributed by atoms with van der Waals surface area (Å²) in [5, 5.41) is 17.1. The molecule has 5 nitrogen and oxygen atoms in total. The number of benzene rings is 1. The van der Waals surface area contributed by atoms with Crippen molar-refractivity contribution in [2.45, 2.75) is 38.0 Å². The first-order chi connectivity index (χ1) is 11.4. The van der Waals surface area contributed by atoms with Crippen molar-refractivity contribution in [2.75, 3.05) is 19.7 Å². The zero-order valence-corrected chi connectivity index (χ0v) is 14.5. The SMILES string of the molecule is CC(C)(C)c1[nH]ncc1C(=O)N1CCC(CO)(c2ccccc2)C1. The Morgan fingerprint density at radius 1 is 1.33 bits per heavy atom. The van der Waals surface area contributed by atoms with Gasteiger partial charge in [-0.15, -0.1) is 0 Å². The highest BCUT2D eigenvalue weighted by Gasteiger charge is 2.42. The lowest BCUT2D eigenvalue weighted by Gasteiger charge is -2.28. The van der Waals surface area contributed by atoms with Crippen LogP contribution in [0.15, 0.2) is 36.5 Å². The Kier molecular flexibility index (Phi) is 4.22. The average molecular weight is 327 g/mol. The molecule has 0 radical (unpaired) electrons. The second-order valence-electron chi connectivity index (χ2n) is 7.69. The third-order valence-corrected chi connectivity index (χ3v) is 4.95. The molecule has 0 bridgehead atoms. The Bertz CT molecular complexity index is 718. The molecule has 1 aliphatic heterocycles. The van der Waals surface area contributed by atoms with E-state index in [1.807, 2.05) is 35.2 Å². The topological polar surface area (TPSA) is 69.2 Å². The molecule has 0 saturated carbocycles. The number of aliphatic hydroxyl groups excluding tert-OH is 1. The number of nitrogens with one attached hydrogen (secondary N) is 1. The minimum absolute atomic E-state index is 0.0140. The number of amides is 1. The van der Waals surface area contributed by atoms with Gasteiger partial charge in [0, 0.05) is 23.9 Å². The number of nitrogens with zero attached hydrogens (tertiary/aromatic N) is 2. The zero-order chi connectivity index (χ0) is 17.4. The van der Waals surface area contributed by atoms with Gasteiger partial charge in [-0.3, -0.25) is 9.89 Å². The van der Waals surface area contributed by atoms with Crippen LogP contribution in [0.5, 0.6) is 0 Å². The molecule has 24 heavy (non-hydrogen) atoms. The molecule has 1 aromatic carbocycles. The van der Waals surface area contributed by atoms with E-state index in [1.54, 1.807) is 6.20 Å². The maximum absolute atomic E-state index is 13.0. The van der Waals surface area contributed by atoms with Crippen LogP contribution in [0.4, 0.5) is 0 Å². The summed E-state index contributed by atoms with van der Waals surface area (Å²) in [7, 11) is 0. The van der Waals surface area contributed by atoms with Crippen LogP contribution in [-0.2, 0) is 10.8 Å². The summed E-state index contributed by atoms with van der Waals surface area (Å²) < 4.78 is 0. The molecule has 5 heteroatoms. The fraction of sp³-hybridized carbons (Fsp3) is 0.474. The van der Waals surface area contributed by atoms with E-state index in [1.165, 1.54) is 0 Å². The van der Waals surface area contributed by atoms with Gasteiger partial charge in [0.15, 0.2) is 0 Å². The van der Waals surface area contributed by atoms with Gasteiger partial charge in [-0.2, -0.15) is 5.10 Å². The number of aromatic nitrogens is 2. The molecule has 1 fully saturated rings. The molecule has 3 rings (SSSR count). The average Bonchev–Trinajstić information content (AvgIpc) is 3.22. The summed E-state index contributed by atoms with van der Waals surface area (Å²) in [4.78, 5) is 14.8. The third kappa shape index (κ3) is 2.84. The third-order valence-electron chi connectivity index (χ3n) is 4.95. The van der Waals surface area contributed by atoms with Crippen LogP contribution in [0.25, 0.3) is 0 Å². The highest BCUT2D eigenvalue weighted by Crippen LogP contribution is 2.35. The minimum atomic E-state index is -0.372. The Labute approximate surface area is 142 Å². The van der Waals surface area contributed by atoms with Crippen molar-refractivity contribution in [3.63, 3.8) is 0 Å². The van der Waals surface area contributed by atoms with Crippen molar-refractivity contribution >= 4 is 5.91 Å². The molecule has 0 spiro atoms. The molecule has 1 atom stereocenters. The van der Waals surface area contributed by atoms with Gasteiger partial charge in [-0.1, -0.05) is 51.1 Å². The van der Waals surface area contributed by atoms with E-state index in [0.717, 1.165) is 17.7 Å². The van der Waals surface area contributed by atoms with Gasteiger partial charge in [0.1, 0.15) is 0 Å². The summed E-state index contributed by atoms with van der Waals surface area (Å²) >= 11 is 0. The van der Waals surface area contributed by atoms with Crippen molar-refractivity contribution in [3.05, 3.63) is 53.3 Å². The molecule has 2 N–H and O–H groups in total. The van der Waals surface area contributed by atoms with Crippen LogP contribution >= 0.6 is 0 Å². The predicted octanol–water partition coefficient (Wildman–Crippen LogP) is 2.48. The van der Waals surface area contributed by atoms with E-state index in [-0.39, 0.29) is 23.3 Å². The van der Waals surface area contributed by atoms with Crippen LogP contribution < -0.4 is 0 Å². The largest absolute Gasteiger partial charge is 0.395 e. The molecule has 128 valence electrons. The molecule has 1 saturated heterocycles. The van der Waals surface area contributed by atoms with E-state index < -0.39 is 0 Å². The van der Waals surface area contributed by atoms with E-state index in [0.29, 0.717) is 18.7 Å². The second kappa shape index (κ2) is 6.06. The number of likely N-dealkylation sites (tertiary alicyclic amines) is 1. The van der Waals surface area contributed by atoms with E-state index >= 15 is 0 Å². The van der Waals surface area contributed by atoms with Crippen molar-refractivity contribution in [2.24, 2.45) is 0 Å². The number of hydrogen-bond acceptors (Lipinski definition) is 3. The van der Waals surface area contributed by atoms with Crippen LogP contribution in [0.1, 0.15) is 48.8 Å². The monoisotopic (exact) mass is 327 g/mol. The molecule has 0 aliphatic carbocycles. The summed E-state index contributed by atoms with van der Waals surface area (Å²) in [6, 6.07) is 9.98. The molecule has 1 amide bonds. The van der Waals surface area contributed by atoms with Gasteiger partial charge in [0.25, 0.3) is 5.91 Å². The zero-order valence-electron chi connectivity index (χ0n) is 14.5. The normalized spacial score (nSPS) is 21.2. The van der Waals surface area contributed by atoms with E-state index in [9.17, 15) is 9.90 Å². The fourth-order valence-electron chi connectivity index (χ4n) is 3.48. The first-order valence-electron chi connectivity index (χ1n) is 8.37. The van der Waals surface area contributed by atoms with Crippen LogP contribution in [0, 0.1) is 0 Å². The summed E-state index contributed by atoms with van der Waals surface area (Å²) in [5.74, 6) is -0.0140. The molecule has 1 unspecified atom stereocenters. The van der Waals surface area contributed by atoms with Crippen molar-refractivity contribution < 1.29 is 9.90 Å². The minimum Gasteiger partial charge on any atom is -0.395 e. The number of aromatic amines is 1. The Morgan fingerprint density at radius 3 is 2.67 bits per heavy atom. The molecule has 1 aliphatic rings. The van der Waals surface area contributed by atoms with Crippen LogP contribution in [-0.4, -0.2) is 45.8 Å². The quantitative estimate of drug-likeness (QED) is 0.910. The molecule has 1 aromatic heterocycles. The Morgan fingerprint density at radius 2 is 2.04 bits per heavy atom. The van der Waals surface area contributed by atoms with Crippen molar-refractivity contribution in [1.82, 2.24) is 15.1 Å². The van der Waals surface area contributed by atoms with Crippen molar-refractivity contribution in [1.29, 1.82) is 0 Å². The first-order valence-corrected chi connectivity index (χ1v) is 8.37. The summed E-state index contributed by atoms with van der Waals surface area (Å²) in [6.45, 7) is 7.39. The Hall–Kier alpha value is -2.14. The first kappa shape index (κ1) is 16.7. The van der Waals surface area contributed by atoms with Gasteiger partial charge in [-0.25, -0.2) is 0 Å². The lowest BCUT2D eigenvalue weighted by Crippen LogP contribution is -2.37. The highest BCUT2D eigenvalue weighted by atomic mass is 16.3. The predicted molar refractivity (Wildman–Crippen MR) is 93.0 cm³/mol. The summed E-state index contributed by atoms with van der Waals surface area (Å²) in [5.41, 5.74) is 2.03. The maximum atomic E-state index is 13.0. The number of hydrogen-bond donors (Lipinski definition) is 2. The van der Waals surface area contributed by atoms with Crippen LogP contribution in [0.2, 0.25) is 0 Å². The van der Waals surface area contributed by atoms with Gasteiger partial charge in [0.05, 0.1) is 24.1 Å². The van der Waals surface area contributed by atoms with Gasteiger partial charge in [-0.05, 0) is 12.0 Å². The molecule has 2 heterocycles. The smallest absolute Gasteiger partial charge is 0.257 e. The number of carbonyl (C=O) groups excluding carboxylic acids is 1. The fourth-order valence-corrected chi connectivity index (χ4v) is 3.48. The van der Waals surface area contributed by atoms with Gasteiger partial charge in [0.2, 0.25) is 0 Å². The number of rotatable bonds is 3. The van der Waals surface area contributed by atoms with E-state index in [4.69, 9.17) is 0 Å². The number of carbonyl (C=O) groups is 1. The highest BCUT2D eigenvalue weighted by molar-refractivity contribution is 5.95. The molecular formula is C19H25N3O2. The van der Waals surface area contributed by atoms with Crippen LogP contribution in [0.3, 0.4) is 0 Å². The second-order valence-corrected chi connectivity index (χ2v) is 7.69. The van der Waals surface area contributed by atoms with Crippen molar-refractivity contribution in [3.8, 4) is 0 Å².